The molecule has 0 aliphatic heterocycles. The van der Waals surface area contributed by atoms with E-state index in [2.05, 4.69) is 11.9 Å². The molecule has 7 nitrogen and oxygen atoms in total. The van der Waals surface area contributed by atoms with E-state index in [9.17, 15) is 14.4 Å². The fraction of sp³-hybridized carbons (Fsp3) is 0.778. The average molecular weight is 475 g/mol. The van der Waals surface area contributed by atoms with E-state index < -0.39 is 0 Å². The Bertz CT molecular complexity index is 986. The second kappa shape index (κ2) is 15.7. The fourth-order valence-corrected chi connectivity index (χ4v) is 4.65. The number of aromatic nitrogens is 4. The van der Waals surface area contributed by atoms with E-state index in [1.807, 2.05) is 0 Å². The SMILES string of the molecule is CCCCCCCCCC(=O)CCCCCCCCCCn1c(=O)c2c(ncn2C)n(C)c1=O. The van der Waals surface area contributed by atoms with E-state index in [1.54, 1.807) is 25.0 Å². The molecular weight excluding hydrogens is 428 g/mol. The molecule has 34 heavy (non-hydrogen) atoms. The first-order chi connectivity index (χ1) is 16.5. The van der Waals surface area contributed by atoms with Crippen LogP contribution >= 0.6 is 0 Å². The van der Waals surface area contributed by atoms with E-state index in [4.69, 9.17) is 0 Å². The number of unbranched alkanes of at least 4 members (excludes halogenated alkanes) is 13. The standard InChI is InChI=1S/C27H46N4O3/c1-4-5-6-7-10-13-16-19-23(32)20-17-14-11-8-9-12-15-18-21-31-26(33)24-25(28-22-29(24)2)30(3)27(31)34/h22H,4-21H2,1-3H3. The van der Waals surface area contributed by atoms with Crippen LogP contribution in [0.15, 0.2) is 15.9 Å². The molecule has 0 aliphatic carbocycles. The van der Waals surface area contributed by atoms with Crippen LogP contribution in [-0.4, -0.2) is 24.5 Å². The normalized spacial score (nSPS) is 11.5. The van der Waals surface area contributed by atoms with Crippen molar-refractivity contribution in [3.05, 3.63) is 27.2 Å². The molecule has 0 fully saturated rings. The maximum atomic E-state index is 12.7. The third-order valence-electron chi connectivity index (χ3n) is 6.85. The van der Waals surface area contributed by atoms with Crippen LogP contribution in [0.25, 0.3) is 11.2 Å². The molecule has 0 saturated heterocycles. The van der Waals surface area contributed by atoms with Crippen LogP contribution in [-0.2, 0) is 25.4 Å². The first-order valence-corrected chi connectivity index (χ1v) is 13.6. The minimum atomic E-state index is -0.294. The lowest BCUT2D eigenvalue weighted by atomic mass is 10.0. The van der Waals surface area contributed by atoms with Crippen molar-refractivity contribution in [1.82, 2.24) is 18.7 Å². The summed E-state index contributed by atoms with van der Waals surface area (Å²) in [4.78, 5) is 41.3. The zero-order valence-corrected chi connectivity index (χ0v) is 21.8. The number of rotatable bonds is 19. The van der Waals surface area contributed by atoms with E-state index in [-0.39, 0.29) is 11.2 Å². The largest absolute Gasteiger partial charge is 0.332 e. The summed E-state index contributed by atoms with van der Waals surface area (Å²) in [6, 6.07) is 0. The number of hydrogen-bond donors (Lipinski definition) is 0. The number of carbonyl (C=O) groups excluding carboxylic acids is 1. The molecule has 0 spiro atoms. The Morgan fingerprint density at radius 3 is 1.82 bits per heavy atom. The number of imidazole rings is 1. The van der Waals surface area contributed by atoms with E-state index in [1.165, 1.54) is 66.9 Å². The highest BCUT2D eigenvalue weighted by Gasteiger charge is 2.14. The minimum Gasteiger partial charge on any atom is -0.328 e. The highest BCUT2D eigenvalue weighted by atomic mass is 16.2. The molecule has 0 bridgehead atoms. The van der Waals surface area contributed by atoms with Gasteiger partial charge in [0.1, 0.15) is 5.78 Å². The third kappa shape index (κ3) is 8.88. The van der Waals surface area contributed by atoms with Gasteiger partial charge < -0.3 is 4.57 Å². The number of aryl methyl sites for hydroxylation is 2. The Kier molecular flexibility index (Phi) is 12.9. The van der Waals surface area contributed by atoms with Gasteiger partial charge in [0.2, 0.25) is 0 Å². The van der Waals surface area contributed by atoms with Crippen LogP contribution in [0.4, 0.5) is 0 Å². The number of ketones is 1. The predicted octanol–water partition coefficient (Wildman–Crippen LogP) is 5.65. The number of hydrogen-bond acceptors (Lipinski definition) is 4. The average Bonchev–Trinajstić information content (AvgIpc) is 3.21. The van der Waals surface area contributed by atoms with Gasteiger partial charge in [-0.2, -0.15) is 0 Å². The molecule has 0 unspecified atom stereocenters. The highest BCUT2D eigenvalue weighted by molar-refractivity contribution is 5.78. The molecule has 0 aliphatic rings. The molecule has 2 aromatic heterocycles. The molecule has 7 heteroatoms. The first-order valence-electron chi connectivity index (χ1n) is 13.6. The van der Waals surface area contributed by atoms with Crippen molar-refractivity contribution in [2.75, 3.05) is 0 Å². The van der Waals surface area contributed by atoms with Crippen LogP contribution in [0.1, 0.15) is 116 Å². The van der Waals surface area contributed by atoms with Crippen molar-refractivity contribution in [1.29, 1.82) is 0 Å². The second-order valence-electron chi connectivity index (χ2n) is 9.81. The summed E-state index contributed by atoms with van der Waals surface area (Å²) < 4.78 is 4.47. The fourth-order valence-electron chi connectivity index (χ4n) is 4.65. The van der Waals surface area contributed by atoms with Crippen molar-refractivity contribution < 1.29 is 4.79 Å². The molecular formula is C27H46N4O3. The third-order valence-corrected chi connectivity index (χ3v) is 6.85. The smallest absolute Gasteiger partial charge is 0.328 e. The molecule has 0 N–H and O–H groups in total. The Balaban J connectivity index is 1.49. The van der Waals surface area contributed by atoms with Gasteiger partial charge in [0.25, 0.3) is 5.56 Å². The maximum absolute atomic E-state index is 12.7. The molecule has 2 rings (SSSR count). The summed E-state index contributed by atoms with van der Waals surface area (Å²) in [5.74, 6) is 0.444. The van der Waals surface area contributed by atoms with E-state index in [0.717, 1.165) is 51.4 Å². The summed E-state index contributed by atoms with van der Waals surface area (Å²) in [5, 5.41) is 0. The van der Waals surface area contributed by atoms with Gasteiger partial charge in [0.05, 0.1) is 6.33 Å². The Hall–Kier alpha value is -2.18. The molecule has 0 saturated carbocycles. The number of nitrogens with zero attached hydrogens (tertiary/aromatic N) is 4. The number of Topliss-reactive ketones (excluding diaryl/α,β-unsaturated/α-hetero) is 1. The quantitative estimate of drug-likeness (QED) is 0.246. The number of fused-ring (bicyclic) bond motifs is 1. The molecule has 2 heterocycles. The van der Waals surface area contributed by atoms with Gasteiger partial charge in [0.15, 0.2) is 11.2 Å². The van der Waals surface area contributed by atoms with Crippen LogP contribution < -0.4 is 11.2 Å². The molecule has 0 amide bonds. The second-order valence-corrected chi connectivity index (χ2v) is 9.81. The Morgan fingerprint density at radius 1 is 0.765 bits per heavy atom. The van der Waals surface area contributed by atoms with Crippen molar-refractivity contribution in [3.63, 3.8) is 0 Å². The molecule has 0 aromatic carbocycles. The molecule has 0 radical (unpaired) electrons. The van der Waals surface area contributed by atoms with Crippen LogP contribution in [0.2, 0.25) is 0 Å². The lowest BCUT2D eigenvalue weighted by Crippen LogP contribution is -2.39. The van der Waals surface area contributed by atoms with Gasteiger partial charge in [-0.15, -0.1) is 0 Å². The minimum absolute atomic E-state index is 0.250. The number of carbonyl (C=O) groups is 1. The van der Waals surface area contributed by atoms with Crippen LogP contribution in [0, 0.1) is 0 Å². The summed E-state index contributed by atoms with van der Waals surface area (Å²) in [6.07, 6.45) is 20.6. The molecule has 0 atom stereocenters. The predicted molar refractivity (Wildman–Crippen MR) is 139 cm³/mol. The van der Waals surface area contributed by atoms with Gasteiger partial charge in [0, 0.05) is 33.5 Å². The molecule has 192 valence electrons. The zero-order valence-electron chi connectivity index (χ0n) is 21.8. The van der Waals surface area contributed by atoms with Crippen LogP contribution in [0.3, 0.4) is 0 Å². The Labute approximate surface area is 204 Å². The monoisotopic (exact) mass is 474 g/mol. The molecule has 2 aromatic rings. The highest BCUT2D eigenvalue weighted by Crippen LogP contribution is 2.13. The van der Waals surface area contributed by atoms with Crippen molar-refractivity contribution >= 4 is 16.9 Å². The van der Waals surface area contributed by atoms with Gasteiger partial charge in [-0.25, -0.2) is 9.78 Å². The summed E-state index contributed by atoms with van der Waals surface area (Å²) in [5.41, 5.74) is 0.369. The summed E-state index contributed by atoms with van der Waals surface area (Å²) in [7, 11) is 3.44. The van der Waals surface area contributed by atoms with Crippen molar-refractivity contribution in [3.8, 4) is 0 Å². The van der Waals surface area contributed by atoms with Gasteiger partial charge in [-0.05, 0) is 19.3 Å². The lowest BCUT2D eigenvalue weighted by molar-refractivity contribution is -0.119. The maximum Gasteiger partial charge on any atom is 0.332 e. The lowest BCUT2D eigenvalue weighted by Gasteiger charge is -2.08. The van der Waals surface area contributed by atoms with Crippen molar-refractivity contribution in [2.24, 2.45) is 14.1 Å². The van der Waals surface area contributed by atoms with E-state index >= 15 is 0 Å². The van der Waals surface area contributed by atoms with Gasteiger partial charge in [-0.3, -0.25) is 18.7 Å². The summed E-state index contributed by atoms with van der Waals surface area (Å²) in [6.45, 7) is 2.69. The van der Waals surface area contributed by atoms with Crippen molar-refractivity contribution in [2.45, 2.75) is 123 Å². The van der Waals surface area contributed by atoms with Gasteiger partial charge >= 0.3 is 5.69 Å². The van der Waals surface area contributed by atoms with Crippen LogP contribution in [0.5, 0.6) is 0 Å². The Morgan fingerprint density at radius 2 is 1.26 bits per heavy atom. The first kappa shape index (κ1) is 28.1. The van der Waals surface area contributed by atoms with Gasteiger partial charge in [-0.1, -0.05) is 84.0 Å². The van der Waals surface area contributed by atoms with E-state index in [0.29, 0.717) is 23.5 Å². The zero-order chi connectivity index (χ0) is 24.8. The topological polar surface area (TPSA) is 78.9 Å². The summed E-state index contributed by atoms with van der Waals surface area (Å²) >= 11 is 0.